The number of aliphatic hydroxyl groups excluding tert-OH is 1. The molecular weight excluding hydrogens is 442 g/mol. The van der Waals surface area contributed by atoms with E-state index in [1.807, 2.05) is 30.3 Å². The van der Waals surface area contributed by atoms with Gasteiger partial charge in [-0.05, 0) is 53.9 Å². The van der Waals surface area contributed by atoms with Gasteiger partial charge in [0.15, 0.2) is 11.5 Å². The molecule has 1 heterocycles. The summed E-state index contributed by atoms with van der Waals surface area (Å²) >= 11 is 6.13. The second-order valence-electron chi connectivity index (χ2n) is 7.66. The number of hydrogen-bond donors (Lipinski definition) is 2. The normalized spacial score (nSPS) is 15.8. The molecule has 1 atom stereocenters. The number of rotatable bonds is 7. The third-order valence-corrected chi connectivity index (χ3v) is 5.93. The van der Waals surface area contributed by atoms with Crippen LogP contribution in [0.4, 0.5) is 5.69 Å². The number of ketones is 1. The number of phenols is 1. The third-order valence-electron chi connectivity index (χ3n) is 5.63. The smallest absolute Gasteiger partial charge is 0.294 e. The summed E-state index contributed by atoms with van der Waals surface area (Å²) in [7, 11) is 1.54. The standard InChI is InChI=1S/C26H22ClNO5/c1-33-19-11-9-18(10-12-19)28-24(17-8-14-21(29)20(27)15-17)23(25(31)26(28)32)22(30)13-7-16-5-3-2-4-6-16/h2-6,8-12,14-15,24,29,31H,7,13H2,1H3. The van der Waals surface area contributed by atoms with Crippen LogP contribution in [0.1, 0.15) is 23.6 Å². The number of aryl methyl sites for hydroxylation is 1. The van der Waals surface area contributed by atoms with Gasteiger partial charge in [-0.25, -0.2) is 0 Å². The largest absolute Gasteiger partial charge is 0.506 e. The highest BCUT2D eigenvalue weighted by Gasteiger charge is 2.44. The minimum atomic E-state index is -0.896. The molecule has 0 bridgehead atoms. The zero-order valence-electron chi connectivity index (χ0n) is 17.9. The van der Waals surface area contributed by atoms with Gasteiger partial charge in [0, 0.05) is 12.1 Å². The number of anilines is 1. The number of carbonyl (C=O) groups is 2. The van der Waals surface area contributed by atoms with Gasteiger partial charge >= 0.3 is 0 Å². The number of amides is 1. The third kappa shape index (κ3) is 4.43. The molecule has 0 radical (unpaired) electrons. The number of carbonyl (C=O) groups excluding carboxylic acids is 2. The Hall–Kier alpha value is -3.77. The molecule has 1 aliphatic rings. The maximum Gasteiger partial charge on any atom is 0.294 e. The number of aliphatic hydroxyl groups is 1. The first-order valence-corrected chi connectivity index (χ1v) is 10.7. The van der Waals surface area contributed by atoms with Crippen LogP contribution in [0.2, 0.25) is 5.02 Å². The lowest BCUT2D eigenvalue weighted by molar-refractivity contribution is -0.118. The van der Waals surface area contributed by atoms with E-state index in [1.165, 1.54) is 24.1 Å². The molecule has 0 saturated heterocycles. The summed E-state index contributed by atoms with van der Waals surface area (Å²) in [5, 5.41) is 20.7. The summed E-state index contributed by atoms with van der Waals surface area (Å²) in [5.74, 6) is -1.12. The van der Waals surface area contributed by atoms with Crippen LogP contribution in [0.5, 0.6) is 11.5 Å². The van der Waals surface area contributed by atoms with Crippen molar-refractivity contribution in [2.24, 2.45) is 0 Å². The lowest BCUT2D eigenvalue weighted by Crippen LogP contribution is -2.31. The Morgan fingerprint density at radius 1 is 1.03 bits per heavy atom. The average molecular weight is 464 g/mol. The number of nitrogens with zero attached hydrogens (tertiary/aromatic N) is 1. The predicted octanol–water partition coefficient (Wildman–Crippen LogP) is 5.16. The molecular formula is C26H22ClNO5. The molecule has 33 heavy (non-hydrogen) atoms. The van der Waals surface area contributed by atoms with E-state index in [9.17, 15) is 19.8 Å². The van der Waals surface area contributed by atoms with Crippen molar-refractivity contribution in [3.05, 3.63) is 100 Å². The number of benzene rings is 3. The molecule has 1 unspecified atom stereocenters. The van der Waals surface area contributed by atoms with Gasteiger partial charge in [0.1, 0.15) is 11.5 Å². The van der Waals surface area contributed by atoms with Gasteiger partial charge in [0.05, 0.1) is 23.7 Å². The fourth-order valence-corrected chi connectivity index (χ4v) is 4.13. The summed E-state index contributed by atoms with van der Waals surface area (Å²) in [5.41, 5.74) is 1.96. The Balaban J connectivity index is 1.74. The Morgan fingerprint density at radius 2 is 1.73 bits per heavy atom. The van der Waals surface area contributed by atoms with Crippen molar-refractivity contribution in [1.29, 1.82) is 0 Å². The van der Waals surface area contributed by atoms with Gasteiger partial charge in [-0.2, -0.15) is 0 Å². The molecule has 0 saturated carbocycles. The zero-order valence-corrected chi connectivity index (χ0v) is 18.6. The van der Waals surface area contributed by atoms with E-state index in [-0.39, 0.29) is 28.5 Å². The number of phenolic OH excluding ortho intramolecular Hbond substituents is 1. The lowest BCUT2D eigenvalue weighted by atomic mass is 9.93. The monoisotopic (exact) mass is 463 g/mol. The van der Waals surface area contributed by atoms with Crippen LogP contribution in [0.25, 0.3) is 0 Å². The fraction of sp³-hybridized carbons (Fsp3) is 0.154. The molecule has 1 amide bonds. The van der Waals surface area contributed by atoms with Crippen molar-refractivity contribution < 1.29 is 24.5 Å². The Morgan fingerprint density at radius 3 is 2.36 bits per heavy atom. The summed E-state index contributed by atoms with van der Waals surface area (Å²) in [6.07, 6.45) is 0.589. The molecule has 0 aliphatic carbocycles. The van der Waals surface area contributed by atoms with E-state index in [0.29, 0.717) is 23.4 Å². The second kappa shape index (κ2) is 9.38. The maximum atomic E-state index is 13.3. The number of halogens is 1. The van der Waals surface area contributed by atoms with Crippen LogP contribution < -0.4 is 9.64 Å². The number of methoxy groups -OCH3 is 1. The average Bonchev–Trinajstić information content (AvgIpc) is 3.10. The molecule has 4 rings (SSSR count). The van der Waals surface area contributed by atoms with Crippen molar-refractivity contribution in [2.45, 2.75) is 18.9 Å². The molecule has 2 N–H and O–H groups in total. The van der Waals surface area contributed by atoms with Gasteiger partial charge in [-0.15, -0.1) is 0 Å². The van der Waals surface area contributed by atoms with Crippen molar-refractivity contribution >= 4 is 29.0 Å². The molecule has 0 spiro atoms. The highest BCUT2D eigenvalue weighted by Crippen LogP contribution is 2.43. The first-order valence-electron chi connectivity index (χ1n) is 10.4. The summed E-state index contributed by atoms with van der Waals surface area (Å²) in [6, 6.07) is 19.8. The molecule has 0 fully saturated rings. The number of hydrogen-bond acceptors (Lipinski definition) is 5. The Labute approximate surface area is 196 Å². The minimum absolute atomic E-state index is 0.00788. The van der Waals surface area contributed by atoms with E-state index in [1.54, 1.807) is 30.3 Å². The van der Waals surface area contributed by atoms with Crippen LogP contribution in [-0.4, -0.2) is 29.0 Å². The zero-order chi connectivity index (χ0) is 23.5. The Bertz CT molecular complexity index is 1220. The van der Waals surface area contributed by atoms with E-state index in [0.717, 1.165) is 5.56 Å². The molecule has 3 aromatic carbocycles. The van der Waals surface area contributed by atoms with Gasteiger partial charge in [0.25, 0.3) is 5.91 Å². The molecule has 168 valence electrons. The number of ether oxygens (including phenoxy) is 1. The fourth-order valence-electron chi connectivity index (χ4n) is 3.95. The van der Waals surface area contributed by atoms with E-state index < -0.39 is 17.7 Å². The van der Waals surface area contributed by atoms with Gasteiger partial charge in [0.2, 0.25) is 0 Å². The molecule has 6 nitrogen and oxygen atoms in total. The van der Waals surface area contributed by atoms with E-state index in [2.05, 4.69) is 0 Å². The molecule has 0 aromatic heterocycles. The van der Waals surface area contributed by atoms with Gasteiger partial charge < -0.3 is 14.9 Å². The topological polar surface area (TPSA) is 87.1 Å². The van der Waals surface area contributed by atoms with Crippen LogP contribution >= 0.6 is 11.6 Å². The molecule has 1 aliphatic heterocycles. The van der Waals surface area contributed by atoms with E-state index >= 15 is 0 Å². The van der Waals surface area contributed by atoms with Crippen LogP contribution in [0, 0.1) is 0 Å². The highest BCUT2D eigenvalue weighted by molar-refractivity contribution is 6.32. The minimum Gasteiger partial charge on any atom is -0.506 e. The number of aromatic hydroxyl groups is 1. The Kier molecular flexibility index (Phi) is 6.38. The molecule has 3 aromatic rings. The predicted molar refractivity (Wildman–Crippen MR) is 126 cm³/mol. The quantitative estimate of drug-likeness (QED) is 0.505. The van der Waals surface area contributed by atoms with Crippen molar-refractivity contribution in [2.75, 3.05) is 12.0 Å². The lowest BCUT2D eigenvalue weighted by Gasteiger charge is -2.27. The van der Waals surface area contributed by atoms with Gasteiger partial charge in [-0.3, -0.25) is 14.5 Å². The van der Waals surface area contributed by atoms with Crippen molar-refractivity contribution in [1.82, 2.24) is 0 Å². The summed E-state index contributed by atoms with van der Waals surface area (Å²) in [6.45, 7) is 0. The van der Waals surface area contributed by atoms with Crippen molar-refractivity contribution in [3.8, 4) is 11.5 Å². The van der Waals surface area contributed by atoms with Crippen LogP contribution in [0.15, 0.2) is 84.1 Å². The van der Waals surface area contributed by atoms with Crippen molar-refractivity contribution in [3.63, 3.8) is 0 Å². The number of Topliss-reactive ketones (excluding diaryl/α,β-unsaturated/α-hetero) is 1. The maximum absolute atomic E-state index is 13.3. The first kappa shape index (κ1) is 22.4. The molecule has 7 heteroatoms. The van der Waals surface area contributed by atoms with Gasteiger partial charge in [-0.1, -0.05) is 48.0 Å². The van der Waals surface area contributed by atoms with E-state index in [4.69, 9.17) is 16.3 Å². The summed E-state index contributed by atoms with van der Waals surface area (Å²) in [4.78, 5) is 27.8. The SMILES string of the molecule is COc1ccc(N2C(=O)C(O)=C(C(=O)CCc3ccccc3)C2c2ccc(O)c(Cl)c2)cc1. The first-order chi connectivity index (χ1) is 15.9. The van der Waals surface area contributed by atoms with Crippen LogP contribution in [-0.2, 0) is 16.0 Å². The summed E-state index contributed by atoms with van der Waals surface area (Å²) < 4.78 is 5.19. The second-order valence-corrected chi connectivity index (χ2v) is 8.06. The van der Waals surface area contributed by atoms with Crippen LogP contribution in [0.3, 0.4) is 0 Å². The highest BCUT2D eigenvalue weighted by atomic mass is 35.5.